The molecule has 1 aliphatic rings. The fraction of sp³-hybridized carbons (Fsp3) is 0.440. The van der Waals surface area contributed by atoms with E-state index in [4.69, 9.17) is 4.74 Å². The van der Waals surface area contributed by atoms with E-state index >= 15 is 0 Å². The quantitative estimate of drug-likeness (QED) is 0.310. The lowest BCUT2D eigenvalue weighted by molar-refractivity contribution is -0.492. The summed E-state index contributed by atoms with van der Waals surface area (Å²) in [7, 11) is 2.08. The molecule has 1 aliphatic heterocycles. The molecule has 1 aromatic rings. The van der Waals surface area contributed by atoms with Gasteiger partial charge in [0, 0.05) is 36.5 Å². The molecular weight excluding hydrogens is 402 g/mol. The van der Waals surface area contributed by atoms with Crippen molar-refractivity contribution in [2.75, 3.05) is 25.5 Å². The van der Waals surface area contributed by atoms with Crippen molar-refractivity contribution >= 4 is 18.6 Å². The summed E-state index contributed by atoms with van der Waals surface area (Å²) in [5.74, 6) is 1.11. The molecule has 0 aliphatic carbocycles. The number of nitrogens with one attached hydrogen (secondary N) is 2. The van der Waals surface area contributed by atoms with Crippen LogP contribution in [0.25, 0.3) is 0 Å². The molecule has 1 amide bonds. The Morgan fingerprint density at radius 3 is 2.78 bits per heavy atom. The second kappa shape index (κ2) is 12.6. The molecule has 32 heavy (non-hydrogen) atoms. The van der Waals surface area contributed by atoms with Crippen molar-refractivity contribution in [3.05, 3.63) is 58.5 Å². The molecular formula is C25H36N5O2+. The summed E-state index contributed by atoms with van der Waals surface area (Å²) < 4.78 is 7.86. The molecule has 7 heteroatoms. The predicted molar refractivity (Wildman–Crippen MR) is 130 cm³/mol. The van der Waals surface area contributed by atoms with E-state index in [1.807, 2.05) is 26.8 Å². The van der Waals surface area contributed by atoms with Crippen LogP contribution in [0.5, 0.6) is 5.88 Å². The number of allylic oxidation sites excluding steroid dienone is 6. The van der Waals surface area contributed by atoms with Gasteiger partial charge < -0.3 is 15.4 Å². The topological polar surface area (TPSA) is 79.2 Å². The van der Waals surface area contributed by atoms with Crippen LogP contribution in [0.4, 0.5) is 5.95 Å². The minimum atomic E-state index is 0.0609. The minimum absolute atomic E-state index is 0.0609. The van der Waals surface area contributed by atoms with Crippen LogP contribution in [0.3, 0.4) is 0 Å². The molecule has 7 nitrogen and oxygen atoms in total. The van der Waals surface area contributed by atoms with Crippen molar-refractivity contribution < 1.29 is 14.1 Å². The third-order valence-corrected chi connectivity index (χ3v) is 5.02. The van der Waals surface area contributed by atoms with Gasteiger partial charge in [-0.25, -0.2) is 9.56 Å². The molecule has 172 valence electrons. The number of rotatable bonds is 11. The van der Waals surface area contributed by atoms with Gasteiger partial charge in [-0.15, -0.1) is 0 Å². The Hall–Kier alpha value is -3.22. The highest BCUT2D eigenvalue weighted by molar-refractivity contribution is 5.83. The molecule has 0 atom stereocenters. The first kappa shape index (κ1) is 25.0. The van der Waals surface area contributed by atoms with Crippen molar-refractivity contribution in [1.29, 1.82) is 0 Å². The molecule has 0 saturated carbocycles. The number of nitrogens with zero attached hydrogens (tertiary/aromatic N) is 3. The maximum absolute atomic E-state index is 11.0. The van der Waals surface area contributed by atoms with E-state index < -0.39 is 0 Å². The molecule has 0 saturated heterocycles. The first-order chi connectivity index (χ1) is 15.3. The van der Waals surface area contributed by atoms with Crippen molar-refractivity contribution in [2.24, 2.45) is 0 Å². The van der Waals surface area contributed by atoms with Gasteiger partial charge in [0.1, 0.15) is 13.6 Å². The van der Waals surface area contributed by atoms with Crippen LogP contribution in [-0.2, 0) is 4.79 Å². The van der Waals surface area contributed by atoms with Gasteiger partial charge in [-0.05, 0) is 56.9 Å². The molecule has 0 aromatic carbocycles. The summed E-state index contributed by atoms with van der Waals surface area (Å²) in [6.45, 7) is 11.7. The second-order valence-corrected chi connectivity index (χ2v) is 8.10. The zero-order valence-electron chi connectivity index (χ0n) is 20.1. The van der Waals surface area contributed by atoms with Crippen LogP contribution in [0.1, 0.15) is 47.5 Å². The van der Waals surface area contributed by atoms with Gasteiger partial charge in [0.2, 0.25) is 18.2 Å². The van der Waals surface area contributed by atoms with Gasteiger partial charge >= 0.3 is 0 Å². The molecule has 0 radical (unpaired) electrons. The summed E-state index contributed by atoms with van der Waals surface area (Å²) >= 11 is 0. The van der Waals surface area contributed by atoms with E-state index in [-0.39, 0.29) is 6.10 Å². The highest BCUT2D eigenvalue weighted by Crippen LogP contribution is 2.21. The first-order valence-electron chi connectivity index (χ1n) is 11.1. The van der Waals surface area contributed by atoms with Crippen LogP contribution in [-0.4, -0.2) is 53.4 Å². The first-order valence-corrected chi connectivity index (χ1v) is 11.1. The Kier molecular flexibility index (Phi) is 9.85. The number of hydrogen-bond acceptors (Lipinski definition) is 5. The smallest absolute Gasteiger partial charge is 0.226 e. The average molecular weight is 439 g/mol. The number of amides is 1. The van der Waals surface area contributed by atoms with E-state index in [1.54, 1.807) is 12.3 Å². The maximum Gasteiger partial charge on any atom is 0.226 e. The number of carbonyl (C=O) groups excluding carboxylic acids is 1. The molecule has 2 N–H and O–H groups in total. The van der Waals surface area contributed by atoms with Crippen LogP contribution in [0.15, 0.2) is 58.5 Å². The third kappa shape index (κ3) is 7.80. The lowest BCUT2D eigenvalue weighted by Gasteiger charge is -2.17. The average Bonchev–Trinajstić information content (AvgIpc) is 2.75. The summed E-state index contributed by atoms with van der Waals surface area (Å²) in [5.41, 5.74) is 5.45. The summed E-state index contributed by atoms with van der Waals surface area (Å²) in [6.07, 6.45) is 12.6. The predicted octanol–water partition coefficient (Wildman–Crippen LogP) is 4.02. The van der Waals surface area contributed by atoms with Crippen molar-refractivity contribution in [3.8, 4) is 5.88 Å². The Labute approximate surface area is 191 Å². The van der Waals surface area contributed by atoms with E-state index in [0.29, 0.717) is 24.8 Å². The molecule has 2 heterocycles. The van der Waals surface area contributed by atoms with Crippen LogP contribution in [0.2, 0.25) is 0 Å². The standard InChI is InChI=1S/C25H35N5O2/c1-7-8-20(5)23(28-17-31)10-9-19(4)22-16-30(6)14-12-21(22)15-27-25-26-13-11-24(29-25)32-18(2)3/h8-11,13,16-18H,7,12,14-15H2,1-6H3,(H-,26,27,28,29,31)/p+1/b19-9+,20-8+,23-10+. The Balaban J connectivity index is 2.26. The summed E-state index contributed by atoms with van der Waals surface area (Å²) in [5, 5.41) is 6.14. The van der Waals surface area contributed by atoms with Gasteiger partial charge in [0.25, 0.3) is 0 Å². The number of aromatic nitrogens is 2. The van der Waals surface area contributed by atoms with Crippen LogP contribution >= 0.6 is 0 Å². The van der Waals surface area contributed by atoms with Crippen molar-refractivity contribution in [2.45, 2.75) is 53.6 Å². The molecule has 1 aromatic heterocycles. The molecule has 0 fully saturated rings. The van der Waals surface area contributed by atoms with Gasteiger partial charge in [-0.2, -0.15) is 4.98 Å². The lowest BCUT2D eigenvalue weighted by Crippen LogP contribution is -2.22. The third-order valence-electron chi connectivity index (χ3n) is 5.02. The normalized spacial score (nSPS) is 15.6. The van der Waals surface area contributed by atoms with E-state index in [9.17, 15) is 4.79 Å². The van der Waals surface area contributed by atoms with Crippen LogP contribution in [0, 0.1) is 0 Å². The van der Waals surface area contributed by atoms with E-state index in [0.717, 1.165) is 36.2 Å². The van der Waals surface area contributed by atoms with Gasteiger partial charge in [0.05, 0.1) is 6.10 Å². The minimum Gasteiger partial charge on any atom is -0.475 e. The van der Waals surface area contributed by atoms with Crippen LogP contribution < -0.4 is 15.4 Å². The zero-order chi connectivity index (χ0) is 23.5. The Morgan fingerprint density at radius 1 is 1.31 bits per heavy atom. The van der Waals surface area contributed by atoms with Crippen molar-refractivity contribution in [1.82, 2.24) is 15.3 Å². The second-order valence-electron chi connectivity index (χ2n) is 8.10. The fourth-order valence-electron chi connectivity index (χ4n) is 3.38. The highest BCUT2D eigenvalue weighted by atomic mass is 16.5. The Bertz CT molecular complexity index is 955. The van der Waals surface area contributed by atoms with Gasteiger partial charge in [-0.1, -0.05) is 19.1 Å². The summed E-state index contributed by atoms with van der Waals surface area (Å²) in [4.78, 5) is 19.8. The fourth-order valence-corrected chi connectivity index (χ4v) is 3.38. The highest BCUT2D eigenvalue weighted by Gasteiger charge is 2.18. The Morgan fingerprint density at radius 2 is 2.09 bits per heavy atom. The lowest BCUT2D eigenvalue weighted by atomic mass is 9.96. The molecule has 0 unspecified atom stereocenters. The molecule has 2 rings (SSSR count). The monoisotopic (exact) mass is 438 g/mol. The largest absolute Gasteiger partial charge is 0.475 e. The number of anilines is 1. The van der Waals surface area contributed by atoms with Gasteiger partial charge in [0.15, 0.2) is 6.21 Å². The van der Waals surface area contributed by atoms with Gasteiger partial charge in [-0.3, -0.25) is 4.79 Å². The maximum atomic E-state index is 11.0. The molecule has 0 spiro atoms. The van der Waals surface area contributed by atoms with E-state index in [1.165, 1.54) is 11.1 Å². The number of ether oxygens (including phenoxy) is 1. The zero-order valence-corrected chi connectivity index (χ0v) is 20.1. The van der Waals surface area contributed by atoms with E-state index in [2.05, 4.69) is 64.4 Å². The number of carbonyl (C=O) groups is 1. The number of hydrogen-bond donors (Lipinski definition) is 2. The van der Waals surface area contributed by atoms with Crippen molar-refractivity contribution in [3.63, 3.8) is 0 Å². The SMILES string of the molecule is CC/C=C(C)/C(=C\C=C(/C)C1=C(CNc2nccc(OC(C)C)n2)CC[N+](C)=C1)NC=O. The molecule has 0 bridgehead atoms. The summed E-state index contributed by atoms with van der Waals surface area (Å²) in [6, 6.07) is 1.76.